The monoisotopic (exact) mass is 318 g/mol. The van der Waals surface area contributed by atoms with Gasteiger partial charge in [-0.2, -0.15) is 11.8 Å². The van der Waals surface area contributed by atoms with Crippen molar-refractivity contribution >= 4 is 34.7 Å². The predicted molar refractivity (Wildman–Crippen MR) is 88.4 cm³/mol. The van der Waals surface area contributed by atoms with Crippen molar-refractivity contribution in [3.63, 3.8) is 0 Å². The third kappa shape index (κ3) is 3.88. The van der Waals surface area contributed by atoms with Gasteiger partial charge in [0.05, 0.1) is 10.4 Å². The van der Waals surface area contributed by atoms with Gasteiger partial charge in [-0.25, -0.2) is 0 Å². The average Bonchev–Trinajstić information content (AvgIpc) is 2.74. The number of halogens is 1. The molecule has 2 nitrogen and oxygen atoms in total. The fourth-order valence-corrected chi connectivity index (χ4v) is 5.44. The first-order valence-electron chi connectivity index (χ1n) is 6.91. The normalized spacial score (nSPS) is 28.3. The number of hydrogen-bond donors (Lipinski definition) is 1. The third-order valence-corrected chi connectivity index (χ3v) is 6.13. The van der Waals surface area contributed by atoms with Crippen LogP contribution in [0.25, 0.3) is 0 Å². The van der Waals surface area contributed by atoms with E-state index in [9.17, 15) is 0 Å². The molecule has 2 N–H and O–H groups in total. The Morgan fingerprint density at radius 2 is 2.00 bits per heavy atom. The van der Waals surface area contributed by atoms with Crippen LogP contribution in [-0.2, 0) is 0 Å². The summed E-state index contributed by atoms with van der Waals surface area (Å²) in [4.78, 5) is 3.87. The molecule has 4 unspecified atom stereocenters. The van der Waals surface area contributed by atoms with Gasteiger partial charge >= 0.3 is 0 Å². The SMILES string of the molecule is CCC(N)C(c1ccc(Cl)s1)N1CC(C)SC(C)C1. The van der Waals surface area contributed by atoms with Crippen molar-refractivity contribution in [2.24, 2.45) is 5.73 Å². The molecule has 0 aliphatic carbocycles. The average molecular weight is 319 g/mol. The molecule has 1 fully saturated rings. The minimum absolute atomic E-state index is 0.178. The molecule has 2 heterocycles. The first-order chi connectivity index (χ1) is 9.01. The maximum Gasteiger partial charge on any atom is 0.0931 e. The second kappa shape index (κ2) is 6.81. The molecule has 2 rings (SSSR count). The lowest BCUT2D eigenvalue weighted by molar-refractivity contribution is 0.170. The molecule has 1 aromatic heterocycles. The van der Waals surface area contributed by atoms with Crippen molar-refractivity contribution in [1.29, 1.82) is 0 Å². The molecule has 0 radical (unpaired) electrons. The number of thiophene rings is 1. The van der Waals surface area contributed by atoms with Gasteiger partial charge in [-0.05, 0) is 18.6 Å². The van der Waals surface area contributed by atoms with Crippen molar-refractivity contribution < 1.29 is 0 Å². The van der Waals surface area contributed by atoms with Crippen molar-refractivity contribution in [3.05, 3.63) is 21.3 Å². The van der Waals surface area contributed by atoms with E-state index in [1.54, 1.807) is 11.3 Å². The van der Waals surface area contributed by atoms with E-state index in [1.165, 1.54) is 4.88 Å². The molecule has 4 atom stereocenters. The molecule has 1 aliphatic heterocycles. The lowest BCUT2D eigenvalue weighted by atomic mass is 10.0. The van der Waals surface area contributed by atoms with Crippen molar-refractivity contribution in [3.8, 4) is 0 Å². The summed E-state index contributed by atoms with van der Waals surface area (Å²) in [5.41, 5.74) is 6.40. The van der Waals surface area contributed by atoms with Crippen LogP contribution in [0.15, 0.2) is 12.1 Å². The van der Waals surface area contributed by atoms with Crippen LogP contribution in [0, 0.1) is 0 Å². The Kier molecular flexibility index (Phi) is 5.61. The van der Waals surface area contributed by atoms with Crippen molar-refractivity contribution in [2.45, 2.75) is 49.8 Å². The Labute approximate surface area is 129 Å². The zero-order valence-corrected chi connectivity index (χ0v) is 14.2. The lowest BCUT2D eigenvalue weighted by Crippen LogP contribution is -2.48. The number of hydrogen-bond acceptors (Lipinski definition) is 4. The molecule has 0 bridgehead atoms. The van der Waals surface area contributed by atoms with Gasteiger partial charge in [0.1, 0.15) is 0 Å². The number of rotatable bonds is 4. The van der Waals surface area contributed by atoms with Crippen LogP contribution in [0.3, 0.4) is 0 Å². The smallest absolute Gasteiger partial charge is 0.0931 e. The molecular formula is C14H23ClN2S2. The summed E-state index contributed by atoms with van der Waals surface area (Å²) in [5, 5.41) is 1.34. The Bertz CT molecular complexity index is 400. The van der Waals surface area contributed by atoms with E-state index in [-0.39, 0.29) is 6.04 Å². The highest BCUT2D eigenvalue weighted by molar-refractivity contribution is 8.00. The molecule has 0 aromatic carbocycles. The Hall–Kier alpha value is 0.260. The second-order valence-corrected chi connectivity index (χ2v) is 9.00. The highest BCUT2D eigenvalue weighted by atomic mass is 35.5. The summed E-state index contributed by atoms with van der Waals surface area (Å²) in [6.07, 6.45) is 0.993. The first kappa shape index (κ1) is 15.6. The van der Waals surface area contributed by atoms with Crippen LogP contribution < -0.4 is 5.73 Å². The quantitative estimate of drug-likeness (QED) is 0.909. The largest absolute Gasteiger partial charge is 0.326 e. The summed E-state index contributed by atoms with van der Waals surface area (Å²) in [7, 11) is 0. The van der Waals surface area contributed by atoms with Crippen molar-refractivity contribution in [1.82, 2.24) is 4.90 Å². The second-order valence-electron chi connectivity index (χ2n) is 5.37. The Morgan fingerprint density at radius 1 is 1.37 bits per heavy atom. The number of nitrogens with two attached hydrogens (primary N) is 1. The van der Waals surface area contributed by atoms with Gasteiger partial charge in [-0.3, -0.25) is 4.90 Å². The van der Waals surface area contributed by atoms with Crippen LogP contribution in [0.5, 0.6) is 0 Å². The highest BCUT2D eigenvalue weighted by Gasteiger charge is 2.32. The molecule has 5 heteroatoms. The predicted octanol–water partition coefficient (Wildman–Crippen LogP) is 4.01. The van der Waals surface area contributed by atoms with Gasteiger partial charge in [-0.15, -0.1) is 11.3 Å². The third-order valence-electron chi connectivity index (χ3n) is 3.60. The molecule has 1 saturated heterocycles. The fourth-order valence-electron chi connectivity index (χ4n) is 2.82. The minimum Gasteiger partial charge on any atom is -0.326 e. The highest BCUT2D eigenvalue weighted by Crippen LogP contribution is 2.36. The van der Waals surface area contributed by atoms with E-state index in [0.29, 0.717) is 16.5 Å². The van der Waals surface area contributed by atoms with E-state index in [4.69, 9.17) is 17.3 Å². The van der Waals surface area contributed by atoms with Crippen LogP contribution in [0.2, 0.25) is 4.34 Å². The summed E-state index contributed by atoms with van der Waals surface area (Å²) in [6.45, 7) is 9.01. The molecular weight excluding hydrogens is 296 g/mol. The van der Waals surface area contributed by atoms with Crippen LogP contribution in [0.1, 0.15) is 38.1 Å². The van der Waals surface area contributed by atoms with Gasteiger partial charge in [-0.1, -0.05) is 32.4 Å². The maximum atomic E-state index is 6.40. The van der Waals surface area contributed by atoms with E-state index in [2.05, 4.69) is 43.5 Å². The van der Waals surface area contributed by atoms with Crippen LogP contribution >= 0.6 is 34.7 Å². The zero-order valence-electron chi connectivity index (χ0n) is 11.8. The maximum absolute atomic E-state index is 6.40. The van der Waals surface area contributed by atoms with Crippen LogP contribution in [0.4, 0.5) is 0 Å². The molecule has 0 amide bonds. The minimum atomic E-state index is 0.178. The van der Waals surface area contributed by atoms with Crippen LogP contribution in [-0.4, -0.2) is 34.5 Å². The van der Waals surface area contributed by atoms with E-state index >= 15 is 0 Å². The van der Waals surface area contributed by atoms with Gasteiger partial charge in [0.25, 0.3) is 0 Å². The van der Waals surface area contributed by atoms with E-state index < -0.39 is 0 Å². The van der Waals surface area contributed by atoms with Crippen molar-refractivity contribution in [2.75, 3.05) is 13.1 Å². The zero-order chi connectivity index (χ0) is 14.0. The van der Waals surface area contributed by atoms with E-state index in [1.807, 2.05) is 6.07 Å². The summed E-state index contributed by atoms with van der Waals surface area (Å²) in [6, 6.07) is 4.62. The molecule has 108 valence electrons. The molecule has 1 aliphatic rings. The summed E-state index contributed by atoms with van der Waals surface area (Å²) in [5.74, 6) is 0. The van der Waals surface area contributed by atoms with Gasteiger partial charge in [0.15, 0.2) is 0 Å². The Morgan fingerprint density at radius 3 is 2.47 bits per heavy atom. The lowest BCUT2D eigenvalue weighted by Gasteiger charge is -2.41. The number of thioether (sulfide) groups is 1. The number of nitrogens with zero attached hydrogens (tertiary/aromatic N) is 1. The Balaban J connectivity index is 2.22. The molecule has 0 spiro atoms. The summed E-state index contributed by atoms with van der Waals surface area (Å²) >= 11 is 9.85. The standard InChI is InChI=1S/C14H23ClN2S2/c1-4-11(16)14(12-5-6-13(15)19-12)17-7-9(2)18-10(3)8-17/h5-6,9-11,14H,4,7-8,16H2,1-3H3. The molecule has 0 saturated carbocycles. The molecule has 1 aromatic rings. The van der Waals surface area contributed by atoms with Gasteiger partial charge in [0, 0.05) is 34.5 Å². The first-order valence-corrected chi connectivity index (χ1v) is 9.05. The van der Waals surface area contributed by atoms with Gasteiger partial charge in [0.2, 0.25) is 0 Å². The van der Waals surface area contributed by atoms with E-state index in [0.717, 1.165) is 23.8 Å². The topological polar surface area (TPSA) is 29.3 Å². The molecule has 19 heavy (non-hydrogen) atoms. The fraction of sp³-hybridized carbons (Fsp3) is 0.714. The summed E-state index contributed by atoms with van der Waals surface area (Å²) < 4.78 is 0.857. The van der Waals surface area contributed by atoms with Gasteiger partial charge < -0.3 is 5.73 Å².